The zero-order valence-electron chi connectivity index (χ0n) is 17.3. The van der Waals surface area contributed by atoms with Crippen LogP contribution in [0.4, 0.5) is 5.13 Å². The van der Waals surface area contributed by atoms with E-state index in [0.29, 0.717) is 13.0 Å². The zero-order chi connectivity index (χ0) is 21.1. The van der Waals surface area contributed by atoms with Gasteiger partial charge in [0.2, 0.25) is 5.91 Å². The van der Waals surface area contributed by atoms with E-state index in [-0.39, 0.29) is 5.91 Å². The van der Waals surface area contributed by atoms with Crippen molar-refractivity contribution in [3.63, 3.8) is 0 Å². The number of aryl methyl sites for hydroxylation is 2. The Labute approximate surface area is 185 Å². The summed E-state index contributed by atoms with van der Waals surface area (Å²) >= 11 is 3.26. The van der Waals surface area contributed by atoms with Crippen LogP contribution in [-0.4, -0.2) is 22.1 Å². The fraction of sp³-hybridized carbons (Fsp3) is 0.208. The smallest absolute Gasteiger partial charge is 0.233 e. The Morgan fingerprint density at radius 3 is 2.57 bits per heavy atom. The van der Waals surface area contributed by atoms with Gasteiger partial charge in [-0.2, -0.15) is 0 Å². The highest BCUT2D eigenvalue weighted by Crippen LogP contribution is 2.33. The maximum Gasteiger partial charge on any atom is 0.233 e. The Morgan fingerprint density at radius 1 is 1.07 bits per heavy atom. The Balaban J connectivity index is 1.68. The average Bonchev–Trinajstić information content (AvgIpc) is 3.20. The highest BCUT2D eigenvalue weighted by molar-refractivity contribution is 7.98. The lowest BCUT2D eigenvalue weighted by molar-refractivity contribution is -0.118. The van der Waals surface area contributed by atoms with Crippen LogP contribution < -0.4 is 4.90 Å². The highest BCUT2D eigenvalue weighted by atomic mass is 32.2. The molecule has 2 heterocycles. The number of pyridine rings is 1. The molecule has 152 valence electrons. The maximum atomic E-state index is 13.4. The number of nitrogens with zero attached hydrogens (tertiary/aromatic N) is 3. The summed E-state index contributed by atoms with van der Waals surface area (Å²) in [4.78, 5) is 25.4. The summed E-state index contributed by atoms with van der Waals surface area (Å²) in [7, 11) is 0. The molecular formula is C24H23N3OS2. The van der Waals surface area contributed by atoms with Gasteiger partial charge in [-0.15, -0.1) is 11.8 Å². The minimum absolute atomic E-state index is 0.0317. The van der Waals surface area contributed by atoms with E-state index in [1.54, 1.807) is 40.4 Å². The molecule has 2 aromatic carbocycles. The predicted octanol–water partition coefficient (Wildman–Crippen LogP) is 5.81. The first-order chi connectivity index (χ1) is 14.5. The molecule has 0 saturated carbocycles. The predicted molar refractivity (Wildman–Crippen MR) is 126 cm³/mol. The van der Waals surface area contributed by atoms with Crippen molar-refractivity contribution in [1.82, 2.24) is 9.97 Å². The fourth-order valence-corrected chi connectivity index (χ4v) is 4.73. The first kappa shape index (κ1) is 20.6. The molecule has 0 saturated heterocycles. The van der Waals surface area contributed by atoms with E-state index >= 15 is 0 Å². The van der Waals surface area contributed by atoms with Crippen molar-refractivity contribution in [2.45, 2.75) is 31.7 Å². The molecule has 4 aromatic rings. The Morgan fingerprint density at radius 2 is 1.87 bits per heavy atom. The van der Waals surface area contributed by atoms with Crippen molar-refractivity contribution < 1.29 is 4.79 Å². The molecule has 0 aliphatic rings. The van der Waals surface area contributed by atoms with Crippen molar-refractivity contribution in [3.8, 4) is 0 Å². The fourth-order valence-electron chi connectivity index (χ4n) is 3.28. The number of aromatic nitrogens is 2. The molecule has 1 amide bonds. The number of amides is 1. The first-order valence-electron chi connectivity index (χ1n) is 9.74. The van der Waals surface area contributed by atoms with Gasteiger partial charge in [0.25, 0.3) is 0 Å². The summed E-state index contributed by atoms with van der Waals surface area (Å²) in [5, 5.41) is 0.730. The van der Waals surface area contributed by atoms with Crippen LogP contribution in [0.15, 0.2) is 65.8 Å². The second-order valence-corrected chi connectivity index (χ2v) is 9.11. The summed E-state index contributed by atoms with van der Waals surface area (Å²) in [5.41, 5.74) is 5.33. The van der Waals surface area contributed by atoms with Crippen LogP contribution in [0.2, 0.25) is 0 Å². The normalized spacial score (nSPS) is 11.0. The molecule has 0 atom stereocenters. The van der Waals surface area contributed by atoms with Gasteiger partial charge in [-0.25, -0.2) is 4.98 Å². The summed E-state index contributed by atoms with van der Waals surface area (Å²) < 4.78 is 1.10. The Kier molecular flexibility index (Phi) is 6.16. The van der Waals surface area contributed by atoms with Crippen LogP contribution in [0, 0.1) is 13.8 Å². The van der Waals surface area contributed by atoms with Crippen LogP contribution in [0.3, 0.4) is 0 Å². The number of thioether (sulfide) groups is 1. The highest BCUT2D eigenvalue weighted by Gasteiger charge is 2.21. The lowest BCUT2D eigenvalue weighted by Crippen LogP contribution is -2.31. The van der Waals surface area contributed by atoms with Gasteiger partial charge >= 0.3 is 0 Å². The average molecular weight is 434 g/mol. The van der Waals surface area contributed by atoms with E-state index in [9.17, 15) is 4.79 Å². The molecule has 0 N–H and O–H groups in total. The van der Waals surface area contributed by atoms with Gasteiger partial charge in [0, 0.05) is 17.3 Å². The Bertz CT molecular complexity index is 1170. The van der Waals surface area contributed by atoms with E-state index < -0.39 is 0 Å². The maximum absolute atomic E-state index is 13.4. The third-order valence-electron chi connectivity index (χ3n) is 5.18. The zero-order valence-corrected chi connectivity index (χ0v) is 18.9. The third kappa shape index (κ3) is 4.40. The molecule has 0 unspecified atom stereocenters. The number of rotatable bonds is 6. The molecule has 30 heavy (non-hydrogen) atoms. The van der Waals surface area contributed by atoms with Crippen LogP contribution in [0.1, 0.15) is 22.3 Å². The molecular weight excluding hydrogens is 410 g/mol. The molecule has 0 bridgehead atoms. The molecule has 2 aromatic heterocycles. The topological polar surface area (TPSA) is 46.1 Å². The Hall–Kier alpha value is -2.70. The minimum Gasteiger partial charge on any atom is -0.283 e. The lowest BCUT2D eigenvalue weighted by atomic mass is 10.1. The van der Waals surface area contributed by atoms with Gasteiger partial charge in [0.1, 0.15) is 0 Å². The van der Waals surface area contributed by atoms with Crippen LogP contribution >= 0.6 is 23.1 Å². The summed E-state index contributed by atoms with van der Waals surface area (Å²) in [6.07, 6.45) is 5.93. The third-order valence-corrected chi connectivity index (χ3v) is 6.97. The number of fused-ring (bicyclic) bond motifs is 1. The number of thiazole rings is 1. The number of benzene rings is 2. The summed E-state index contributed by atoms with van der Waals surface area (Å²) in [6, 6.07) is 16.3. The number of hydrogen-bond donors (Lipinski definition) is 0. The molecule has 6 heteroatoms. The second kappa shape index (κ2) is 8.98. The molecule has 0 spiro atoms. The quantitative estimate of drug-likeness (QED) is 0.360. The molecule has 0 radical (unpaired) electrons. The van der Waals surface area contributed by atoms with E-state index in [2.05, 4.69) is 43.1 Å². The van der Waals surface area contributed by atoms with Crippen molar-refractivity contribution in [2.75, 3.05) is 11.2 Å². The number of carbonyl (C=O) groups excluding carboxylic acids is 1. The van der Waals surface area contributed by atoms with E-state index in [1.165, 1.54) is 10.5 Å². The SMILES string of the molecule is CSc1ccc(CC(=O)N(Cc2cccnc2)c2nc3c(C)c(C)ccc3s2)cc1. The molecule has 0 aliphatic heterocycles. The van der Waals surface area contributed by atoms with Gasteiger partial charge in [0.05, 0.1) is 23.2 Å². The van der Waals surface area contributed by atoms with Gasteiger partial charge in [-0.3, -0.25) is 14.7 Å². The second-order valence-electron chi connectivity index (χ2n) is 7.22. The van der Waals surface area contributed by atoms with Crippen molar-refractivity contribution in [2.24, 2.45) is 0 Å². The van der Waals surface area contributed by atoms with Crippen LogP contribution in [0.25, 0.3) is 10.2 Å². The van der Waals surface area contributed by atoms with Gasteiger partial charge in [0.15, 0.2) is 5.13 Å². The first-order valence-corrected chi connectivity index (χ1v) is 11.8. The number of hydrogen-bond acceptors (Lipinski definition) is 5. The summed E-state index contributed by atoms with van der Waals surface area (Å²) in [6.45, 7) is 4.62. The molecule has 4 nitrogen and oxygen atoms in total. The van der Waals surface area contributed by atoms with Gasteiger partial charge < -0.3 is 0 Å². The van der Waals surface area contributed by atoms with E-state index in [4.69, 9.17) is 4.98 Å². The van der Waals surface area contributed by atoms with Crippen molar-refractivity contribution in [1.29, 1.82) is 0 Å². The molecule has 0 aliphatic carbocycles. The van der Waals surface area contributed by atoms with Crippen molar-refractivity contribution >= 4 is 44.4 Å². The number of anilines is 1. The minimum atomic E-state index is 0.0317. The largest absolute Gasteiger partial charge is 0.283 e. The standard InChI is InChI=1S/C24H23N3OS2/c1-16-6-11-21-23(17(16)2)26-24(30-21)27(15-19-5-4-12-25-14-19)22(28)13-18-7-9-20(29-3)10-8-18/h4-12,14H,13,15H2,1-3H3. The monoisotopic (exact) mass is 433 g/mol. The van der Waals surface area contributed by atoms with Gasteiger partial charge in [-0.1, -0.05) is 35.6 Å². The van der Waals surface area contributed by atoms with Crippen LogP contribution in [-0.2, 0) is 17.8 Å². The van der Waals surface area contributed by atoms with Crippen molar-refractivity contribution in [3.05, 3.63) is 83.2 Å². The summed E-state index contributed by atoms with van der Waals surface area (Å²) in [5.74, 6) is 0.0317. The number of carbonyl (C=O) groups is 1. The molecule has 4 rings (SSSR count). The van der Waals surface area contributed by atoms with E-state index in [1.807, 2.05) is 30.5 Å². The van der Waals surface area contributed by atoms with Crippen LogP contribution in [0.5, 0.6) is 0 Å². The van der Waals surface area contributed by atoms with Gasteiger partial charge in [-0.05, 0) is 66.6 Å². The molecule has 0 fully saturated rings. The van der Waals surface area contributed by atoms with E-state index in [0.717, 1.165) is 32.0 Å². The lowest BCUT2D eigenvalue weighted by Gasteiger charge is -2.20.